The van der Waals surface area contributed by atoms with Gasteiger partial charge in [0.1, 0.15) is 6.04 Å². The van der Waals surface area contributed by atoms with Gasteiger partial charge in [-0.15, -0.1) is 0 Å². The Morgan fingerprint density at radius 2 is 2.04 bits per heavy atom. The summed E-state index contributed by atoms with van der Waals surface area (Å²) in [6, 6.07) is 10.5. The van der Waals surface area contributed by atoms with Crippen molar-refractivity contribution < 1.29 is 9.53 Å². The van der Waals surface area contributed by atoms with Crippen molar-refractivity contribution in [1.29, 1.82) is 0 Å². The van der Waals surface area contributed by atoms with Crippen LogP contribution in [-0.2, 0) is 16.1 Å². The Morgan fingerprint density at radius 1 is 1.29 bits per heavy atom. The molecule has 2 saturated heterocycles. The number of benzene rings is 1. The van der Waals surface area contributed by atoms with E-state index in [4.69, 9.17) is 4.74 Å². The number of ether oxygens (including phenoxy) is 1. The number of carbonyl (C=O) groups excluding carboxylic acids is 1. The number of rotatable bonds is 5. The predicted molar refractivity (Wildman–Crippen MR) is 94.7 cm³/mol. The van der Waals surface area contributed by atoms with Crippen LogP contribution in [0.2, 0.25) is 0 Å². The largest absolute Gasteiger partial charge is 0.378 e. The SMILES string of the molecule is CN(Cc1ccccc1)CC1CCN(C(=O)C2COCCN2)CC1. The van der Waals surface area contributed by atoms with Crippen molar-refractivity contribution in [2.75, 3.05) is 46.4 Å². The van der Waals surface area contributed by atoms with E-state index in [-0.39, 0.29) is 11.9 Å². The van der Waals surface area contributed by atoms with E-state index in [0.717, 1.165) is 45.6 Å². The van der Waals surface area contributed by atoms with Crippen LogP contribution < -0.4 is 5.32 Å². The molecule has 2 heterocycles. The van der Waals surface area contributed by atoms with E-state index in [1.54, 1.807) is 0 Å². The van der Waals surface area contributed by atoms with E-state index in [2.05, 4.69) is 47.6 Å². The molecule has 0 aliphatic carbocycles. The van der Waals surface area contributed by atoms with Crippen molar-refractivity contribution in [2.24, 2.45) is 5.92 Å². The topological polar surface area (TPSA) is 44.8 Å². The zero-order valence-corrected chi connectivity index (χ0v) is 14.6. The van der Waals surface area contributed by atoms with E-state index < -0.39 is 0 Å². The summed E-state index contributed by atoms with van der Waals surface area (Å²) in [5.74, 6) is 0.893. The van der Waals surface area contributed by atoms with E-state index in [1.165, 1.54) is 5.56 Å². The molecule has 0 spiro atoms. The molecular formula is C19H29N3O2. The zero-order chi connectivity index (χ0) is 16.8. The lowest BCUT2D eigenvalue weighted by Crippen LogP contribution is -2.54. The van der Waals surface area contributed by atoms with Crippen molar-refractivity contribution >= 4 is 5.91 Å². The van der Waals surface area contributed by atoms with Crippen LogP contribution in [0, 0.1) is 5.92 Å². The van der Waals surface area contributed by atoms with Crippen molar-refractivity contribution in [2.45, 2.75) is 25.4 Å². The van der Waals surface area contributed by atoms with Gasteiger partial charge < -0.3 is 19.9 Å². The van der Waals surface area contributed by atoms with Gasteiger partial charge in [0.15, 0.2) is 0 Å². The lowest BCUT2D eigenvalue weighted by molar-refractivity contribution is -0.137. The number of nitrogens with zero attached hydrogens (tertiary/aromatic N) is 2. The maximum atomic E-state index is 12.5. The van der Waals surface area contributed by atoms with Crippen LogP contribution in [0.1, 0.15) is 18.4 Å². The highest BCUT2D eigenvalue weighted by Gasteiger charge is 2.29. The molecule has 5 nitrogen and oxygen atoms in total. The zero-order valence-electron chi connectivity index (χ0n) is 14.6. The van der Waals surface area contributed by atoms with Crippen LogP contribution >= 0.6 is 0 Å². The summed E-state index contributed by atoms with van der Waals surface area (Å²) in [4.78, 5) is 16.9. The Labute approximate surface area is 145 Å². The van der Waals surface area contributed by atoms with Crippen LogP contribution in [0.3, 0.4) is 0 Å². The molecule has 1 aromatic rings. The molecular weight excluding hydrogens is 302 g/mol. The second kappa shape index (κ2) is 8.60. The summed E-state index contributed by atoms with van der Waals surface area (Å²) in [5.41, 5.74) is 1.36. The highest BCUT2D eigenvalue weighted by Crippen LogP contribution is 2.19. The minimum Gasteiger partial charge on any atom is -0.378 e. The molecule has 132 valence electrons. The summed E-state index contributed by atoms with van der Waals surface area (Å²) in [5, 5.41) is 3.26. The maximum Gasteiger partial charge on any atom is 0.242 e. The van der Waals surface area contributed by atoms with Gasteiger partial charge in [0.25, 0.3) is 0 Å². The standard InChI is InChI=1S/C19H29N3O2/c1-21(13-16-5-3-2-4-6-16)14-17-7-10-22(11-8-17)19(23)18-15-24-12-9-20-18/h2-6,17-18,20H,7-15H2,1H3. The van der Waals surface area contributed by atoms with Crippen LogP contribution in [0.4, 0.5) is 0 Å². The first-order chi connectivity index (χ1) is 11.7. The van der Waals surface area contributed by atoms with Gasteiger partial charge in [0.2, 0.25) is 5.91 Å². The van der Waals surface area contributed by atoms with Gasteiger partial charge in [-0.05, 0) is 31.4 Å². The minimum absolute atomic E-state index is 0.143. The third kappa shape index (κ3) is 4.79. The fourth-order valence-corrected chi connectivity index (χ4v) is 3.68. The fourth-order valence-electron chi connectivity index (χ4n) is 3.68. The second-order valence-electron chi connectivity index (χ2n) is 7.03. The van der Waals surface area contributed by atoms with Crippen LogP contribution in [0.25, 0.3) is 0 Å². The van der Waals surface area contributed by atoms with Gasteiger partial charge in [0, 0.05) is 32.7 Å². The monoisotopic (exact) mass is 331 g/mol. The molecule has 2 fully saturated rings. The van der Waals surface area contributed by atoms with Crippen molar-refractivity contribution in [3.05, 3.63) is 35.9 Å². The molecule has 0 saturated carbocycles. The highest BCUT2D eigenvalue weighted by molar-refractivity contribution is 5.82. The van der Waals surface area contributed by atoms with Crippen LogP contribution in [-0.4, -0.2) is 68.2 Å². The number of carbonyl (C=O) groups is 1. The molecule has 0 radical (unpaired) electrons. The van der Waals surface area contributed by atoms with Crippen molar-refractivity contribution in [1.82, 2.24) is 15.1 Å². The van der Waals surface area contributed by atoms with E-state index >= 15 is 0 Å². The Balaban J connectivity index is 1.40. The third-order valence-corrected chi connectivity index (χ3v) is 5.01. The smallest absolute Gasteiger partial charge is 0.242 e. The van der Waals surface area contributed by atoms with Gasteiger partial charge in [0.05, 0.1) is 13.2 Å². The predicted octanol–water partition coefficient (Wildman–Crippen LogP) is 1.35. The Bertz CT molecular complexity index is 509. The van der Waals surface area contributed by atoms with Crippen molar-refractivity contribution in [3.8, 4) is 0 Å². The molecule has 1 atom stereocenters. The first-order valence-corrected chi connectivity index (χ1v) is 9.05. The normalized spacial score (nSPS) is 22.8. The first kappa shape index (κ1) is 17.4. The summed E-state index contributed by atoms with van der Waals surface area (Å²) in [7, 11) is 2.19. The number of hydrogen-bond donors (Lipinski definition) is 1. The quantitative estimate of drug-likeness (QED) is 0.884. The molecule has 0 aromatic heterocycles. The molecule has 2 aliphatic rings. The molecule has 24 heavy (non-hydrogen) atoms. The lowest BCUT2D eigenvalue weighted by atomic mass is 9.95. The molecule has 1 unspecified atom stereocenters. The third-order valence-electron chi connectivity index (χ3n) is 5.01. The van der Waals surface area contributed by atoms with E-state index in [1.807, 2.05) is 4.90 Å². The van der Waals surface area contributed by atoms with Gasteiger partial charge in [-0.3, -0.25) is 4.79 Å². The summed E-state index contributed by atoms with van der Waals surface area (Å²) < 4.78 is 5.41. The average Bonchev–Trinajstić information content (AvgIpc) is 2.63. The number of piperidine rings is 1. The summed E-state index contributed by atoms with van der Waals surface area (Å²) in [6.07, 6.45) is 2.19. The van der Waals surface area contributed by atoms with Crippen molar-refractivity contribution in [3.63, 3.8) is 0 Å². The Hall–Kier alpha value is -1.43. The molecule has 1 aromatic carbocycles. The second-order valence-corrected chi connectivity index (χ2v) is 7.03. The van der Waals surface area contributed by atoms with Gasteiger partial charge in [-0.1, -0.05) is 30.3 Å². The molecule has 2 aliphatic heterocycles. The van der Waals surface area contributed by atoms with Crippen LogP contribution in [0.15, 0.2) is 30.3 Å². The van der Waals surface area contributed by atoms with Gasteiger partial charge in [-0.2, -0.15) is 0 Å². The average molecular weight is 331 g/mol. The van der Waals surface area contributed by atoms with Gasteiger partial charge in [-0.25, -0.2) is 0 Å². The fraction of sp³-hybridized carbons (Fsp3) is 0.632. The minimum atomic E-state index is -0.143. The van der Waals surface area contributed by atoms with E-state index in [9.17, 15) is 4.79 Å². The number of amides is 1. The molecule has 0 bridgehead atoms. The summed E-state index contributed by atoms with van der Waals surface area (Å²) >= 11 is 0. The lowest BCUT2D eigenvalue weighted by Gasteiger charge is -2.36. The summed E-state index contributed by atoms with van der Waals surface area (Å²) in [6.45, 7) is 5.84. The number of hydrogen-bond acceptors (Lipinski definition) is 4. The number of nitrogens with one attached hydrogen (secondary N) is 1. The Morgan fingerprint density at radius 3 is 2.71 bits per heavy atom. The van der Waals surface area contributed by atoms with Gasteiger partial charge >= 0.3 is 0 Å². The Kier molecular flexibility index (Phi) is 6.24. The van der Waals surface area contributed by atoms with E-state index in [0.29, 0.717) is 19.1 Å². The van der Waals surface area contributed by atoms with Crippen LogP contribution in [0.5, 0.6) is 0 Å². The number of morpholine rings is 1. The maximum absolute atomic E-state index is 12.5. The molecule has 1 amide bonds. The molecule has 3 rings (SSSR count). The number of likely N-dealkylation sites (tertiary alicyclic amines) is 1. The first-order valence-electron chi connectivity index (χ1n) is 9.05. The highest BCUT2D eigenvalue weighted by atomic mass is 16.5. The molecule has 5 heteroatoms. The molecule has 1 N–H and O–H groups in total.